The number of hydrogen-bond donors (Lipinski definition) is 2. The van der Waals surface area contributed by atoms with E-state index in [9.17, 15) is 0 Å². The van der Waals surface area contributed by atoms with Crippen molar-refractivity contribution in [2.45, 2.75) is 65.0 Å². The summed E-state index contributed by atoms with van der Waals surface area (Å²) in [5, 5.41) is 8.34. The summed E-state index contributed by atoms with van der Waals surface area (Å²) in [7, 11) is 0. The lowest BCUT2D eigenvalue weighted by Crippen LogP contribution is -2.41. The van der Waals surface area contributed by atoms with Crippen molar-refractivity contribution in [2.75, 3.05) is 30.9 Å². The number of piperidine rings is 2. The third kappa shape index (κ3) is 5.31. The van der Waals surface area contributed by atoms with E-state index >= 15 is 0 Å². The third-order valence-electron chi connectivity index (χ3n) is 6.80. The van der Waals surface area contributed by atoms with Crippen LogP contribution in [0.1, 0.15) is 51.6 Å². The van der Waals surface area contributed by atoms with Gasteiger partial charge < -0.3 is 14.4 Å². The van der Waals surface area contributed by atoms with Crippen LogP contribution in [0.15, 0.2) is 24.3 Å². The van der Waals surface area contributed by atoms with Crippen LogP contribution >= 0.6 is 12.1 Å². The van der Waals surface area contributed by atoms with E-state index in [4.69, 9.17) is 14.7 Å². The molecule has 2 aliphatic rings. The fraction of sp³-hybridized carbons (Fsp3) is 0.560. The van der Waals surface area contributed by atoms with Gasteiger partial charge in [-0.25, -0.2) is 9.29 Å². The van der Waals surface area contributed by atoms with Gasteiger partial charge in [-0.05, 0) is 70.7 Å². The van der Waals surface area contributed by atoms with Crippen LogP contribution in [-0.4, -0.2) is 67.7 Å². The summed E-state index contributed by atoms with van der Waals surface area (Å²) in [5.74, 6) is 1.28. The average molecular weight is 482 g/mol. The predicted octanol–water partition coefficient (Wildman–Crippen LogP) is 5.04. The summed E-state index contributed by atoms with van der Waals surface area (Å²) >= 11 is 1.69. The van der Waals surface area contributed by atoms with E-state index in [0.29, 0.717) is 23.4 Å². The maximum absolute atomic E-state index is 6.47. The van der Waals surface area contributed by atoms with Crippen LogP contribution in [0.4, 0.5) is 5.69 Å². The fourth-order valence-corrected chi connectivity index (χ4v) is 5.49. The Kier molecular flexibility index (Phi) is 7.22. The zero-order valence-electron chi connectivity index (χ0n) is 20.4. The molecule has 9 heteroatoms. The Bertz CT molecular complexity index is 1090. The van der Waals surface area contributed by atoms with Crippen LogP contribution < -0.4 is 9.46 Å². The Morgan fingerprint density at radius 2 is 1.76 bits per heavy atom. The van der Waals surface area contributed by atoms with E-state index in [0.717, 1.165) is 61.4 Å². The number of aryl methyl sites for hydroxylation is 1. The highest BCUT2D eigenvalue weighted by molar-refractivity contribution is 7.98. The van der Waals surface area contributed by atoms with Gasteiger partial charge in [0.25, 0.3) is 0 Å². The maximum atomic E-state index is 6.47. The standard InChI is InChI=1S/C25H35N7OS/c1-17(2)31-15-11-21(12-16-31)33-25-22-18(3)28-29-24(22)26-23(27-25)19-7-9-20(10-8-19)30-34-32-13-5-4-6-14-32/h7-10,17,21,30H,4-6,11-16H2,1-3H3,(H,26,27,28,29). The van der Waals surface area contributed by atoms with Crippen LogP contribution in [-0.2, 0) is 0 Å². The number of aromatic amines is 1. The summed E-state index contributed by atoms with van der Waals surface area (Å²) in [6.07, 6.45) is 6.07. The second kappa shape index (κ2) is 10.5. The zero-order valence-corrected chi connectivity index (χ0v) is 21.2. The van der Waals surface area contributed by atoms with Crippen LogP contribution in [0.2, 0.25) is 0 Å². The number of nitrogens with one attached hydrogen (secondary N) is 2. The van der Waals surface area contributed by atoms with Crippen LogP contribution in [0, 0.1) is 6.92 Å². The molecule has 0 saturated carbocycles. The number of nitrogens with zero attached hydrogens (tertiary/aromatic N) is 5. The van der Waals surface area contributed by atoms with Gasteiger partial charge in [0.1, 0.15) is 11.5 Å². The molecule has 0 radical (unpaired) electrons. The first-order valence-corrected chi connectivity index (χ1v) is 13.3. The lowest BCUT2D eigenvalue weighted by molar-refractivity contribution is 0.0824. The molecule has 0 atom stereocenters. The van der Waals surface area contributed by atoms with Crippen molar-refractivity contribution >= 4 is 28.9 Å². The van der Waals surface area contributed by atoms with E-state index in [2.05, 4.69) is 62.2 Å². The van der Waals surface area contributed by atoms with Crippen molar-refractivity contribution < 1.29 is 4.74 Å². The first-order valence-electron chi connectivity index (χ1n) is 12.5. The molecule has 4 heterocycles. The first-order chi connectivity index (χ1) is 16.6. The molecule has 5 rings (SSSR count). The molecule has 2 fully saturated rings. The summed E-state index contributed by atoms with van der Waals surface area (Å²) in [4.78, 5) is 12.1. The van der Waals surface area contributed by atoms with Crippen LogP contribution in [0.25, 0.3) is 22.4 Å². The normalized spacial score (nSPS) is 18.6. The van der Waals surface area contributed by atoms with E-state index in [-0.39, 0.29) is 6.10 Å². The van der Waals surface area contributed by atoms with Crippen molar-refractivity contribution in [1.82, 2.24) is 29.4 Å². The molecule has 0 aliphatic carbocycles. The molecule has 0 spiro atoms. The second-order valence-corrected chi connectivity index (χ2v) is 10.5. The number of fused-ring (bicyclic) bond motifs is 1. The Labute approximate surface area is 206 Å². The quantitative estimate of drug-likeness (QED) is 0.454. The molecule has 0 bridgehead atoms. The van der Waals surface area contributed by atoms with Crippen molar-refractivity contribution in [3.8, 4) is 17.3 Å². The van der Waals surface area contributed by atoms with E-state index in [1.54, 1.807) is 12.1 Å². The van der Waals surface area contributed by atoms with Crippen LogP contribution in [0.5, 0.6) is 5.88 Å². The molecule has 34 heavy (non-hydrogen) atoms. The van der Waals surface area contributed by atoms with Gasteiger partial charge in [-0.1, -0.05) is 6.42 Å². The van der Waals surface area contributed by atoms with Crippen LogP contribution in [0.3, 0.4) is 0 Å². The number of ether oxygens (including phenoxy) is 1. The highest BCUT2D eigenvalue weighted by Crippen LogP contribution is 2.31. The second-order valence-electron chi connectivity index (χ2n) is 9.61. The molecule has 1 aromatic carbocycles. The largest absolute Gasteiger partial charge is 0.474 e. The monoisotopic (exact) mass is 481 g/mol. The smallest absolute Gasteiger partial charge is 0.228 e. The molecular formula is C25H35N7OS. The van der Waals surface area contributed by atoms with Gasteiger partial charge >= 0.3 is 0 Å². The number of anilines is 1. The molecule has 2 N–H and O–H groups in total. The molecule has 2 saturated heterocycles. The SMILES string of the molecule is Cc1[nH]nc2nc(-c3ccc(NSN4CCCCC4)cc3)nc(OC3CCN(C(C)C)CC3)c12. The number of aromatic nitrogens is 4. The van der Waals surface area contributed by atoms with Gasteiger partial charge in [0.05, 0.1) is 0 Å². The lowest BCUT2D eigenvalue weighted by Gasteiger charge is -2.34. The average Bonchev–Trinajstić information content (AvgIpc) is 3.25. The van der Waals surface area contributed by atoms with Gasteiger partial charge in [-0.2, -0.15) is 10.1 Å². The lowest BCUT2D eigenvalue weighted by atomic mass is 10.1. The molecular weight excluding hydrogens is 446 g/mol. The fourth-order valence-electron chi connectivity index (χ4n) is 4.67. The number of H-pyrrole nitrogens is 1. The number of benzene rings is 1. The summed E-state index contributed by atoms with van der Waals surface area (Å²) in [6.45, 7) is 10.9. The van der Waals surface area contributed by atoms with Crippen molar-refractivity contribution in [3.05, 3.63) is 30.0 Å². The first kappa shape index (κ1) is 23.4. The summed E-state index contributed by atoms with van der Waals surface area (Å²) in [6, 6.07) is 8.86. The molecule has 2 aromatic heterocycles. The highest BCUT2D eigenvalue weighted by atomic mass is 32.2. The van der Waals surface area contributed by atoms with Crippen molar-refractivity contribution in [3.63, 3.8) is 0 Å². The molecule has 8 nitrogen and oxygen atoms in total. The van der Waals surface area contributed by atoms with Crippen molar-refractivity contribution in [2.24, 2.45) is 0 Å². The minimum absolute atomic E-state index is 0.161. The van der Waals surface area contributed by atoms with E-state index in [1.807, 2.05) is 6.92 Å². The maximum Gasteiger partial charge on any atom is 0.228 e. The van der Waals surface area contributed by atoms with E-state index in [1.165, 1.54) is 19.3 Å². The zero-order chi connectivity index (χ0) is 23.5. The third-order valence-corrected chi connectivity index (χ3v) is 7.75. The van der Waals surface area contributed by atoms with Crippen molar-refractivity contribution in [1.29, 1.82) is 0 Å². The minimum atomic E-state index is 0.161. The Balaban J connectivity index is 1.31. The summed E-state index contributed by atoms with van der Waals surface area (Å²) < 4.78 is 12.3. The van der Waals surface area contributed by atoms with Gasteiger partial charge in [0.2, 0.25) is 5.88 Å². The highest BCUT2D eigenvalue weighted by Gasteiger charge is 2.24. The van der Waals surface area contributed by atoms with Gasteiger partial charge in [-0.3, -0.25) is 5.10 Å². The Hall–Kier alpha value is -2.36. The number of rotatable bonds is 7. The van der Waals surface area contributed by atoms with Gasteiger partial charge in [0.15, 0.2) is 11.5 Å². The Morgan fingerprint density at radius 1 is 1.03 bits per heavy atom. The molecule has 3 aromatic rings. The molecule has 0 amide bonds. The predicted molar refractivity (Wildman–Crippen MR) is 139 cm³/mol. The molecule has 2 aliphatic heterocycles. The topological polar surface area (TPSA) is 82.2 Å². The Morgan fingerprint density at radius 3 is 2.47 bits per heavy atom. The van der Waals surface area contributed by atoms with E-state index < -0.39 is 0 Å². The summed E-state index contributed by atoms with van der Waals surface area (Å²) in [5.41, 5.74) is 3.62. The molecule has 182 valence electrons. The van der Waals surface area contributed by atoms with Gasteiger partial charge in [0, 0.05) is 61.3 Å². The molecule has 0 unspecified atom stereocenters. The van der Waals surface area contributed by atoms with Gasteiger partial charge in [-0.15, -0.1) is 0 Å². The number of likely N-dealkylation sites (tertiary alicyclic amines) is 1. The minimum Gasteiger partial charge on any atom is -0.474 e. The number of hydrogen-bond acceptors (Lipinski definition) is 8.